The van der Waals surface area contributed by atoms with Gasteiger partial charge in [0.25, 0.3) is 0 Å². The van der Waals surface area contributed by atoms with Crippen LogP contribution in [0.2, 0.25) is 5.02 Å². The third-order valence-electron chi connectivity index (χ3n) is 2.88. The van der Waals surface area contributed by atoms with E-state index in [4.69, 9.17) is 16.3 Å². The van der Waals surface area contributed by atoms with E-state index in [9.17, 15) is 8.42 Å². The van der Waals surface area contributed by atoms with Gasteiger partial charge in [0.05, 0.1) is 23.4 Å². The Morgan fingerprint density at radius 1 is 1.35 bits per heavy atom. The van der Waals surface area contributed by atoms with Crippen molar-refractivity contribution in [2.24, 2.45) is 0 Å². The zero-order chi connectivity index (χ0) is 14.2. The molecule has 0 unspecified atom stereocenters. The number of halogens is 1. The summed E-state index contributed by atoms with van der Waals surface area (Å²) in [7, 11) is -3.58. The van der Waals surface area contributed by atoms with Gasteiger partial charge in [0.15, 0.2) is 5.13 Å². The molecule has 108 valence electrons. The lowest BCUT2D eigenvalue weighted by atomic mass is 10.3. The molecule has 20 heavy (non-hydrogen) atoms. The SMILES string of the molecule is O=S(=O)(Nc1nc2ccc(Cl)cc2s1)N1CCOCC1. The maximum Gasteiger partial charge on any atom is 0.303 e. The minimum atomic E-state index is -3.58. The zero-order valence-corrected chi connectivity index (χ0v) is 12.8. The number of aromatic nitrogens is 1. The van der Waals surface area contributed by atoms with Gasteiger partial charge < -0.3 is 4.74 Å². The topological polar surface area (TPSA) is 71.5 Å². The van der Waals surface area contributed by atoms with Crippen molar-refractivity contribution in [2.45, 2.75) is 0 Å². The number of thiazole rings is 1. The van der Waals surface area contributed by atoms with E-state index in [1.807, 2.05) is 0 Å². The highest BCUT2D eigenvalue weighted by Gasteiger charge is 2.25. The molecule has 9 heteroatoms. The fourth-order valence-corrected chi connectivity index (χ4v) is 4.40. The second-order valence-electron chi connectivity index (χ2n) is 4.25. The Kier molecular flexibility index (Phi) is 3.83. The van der Waals surface area contributed by atoms with Crippen molar-refractivity contribution < 1.29 is 13.2 Å². The number of fused-ring (bicyclic) bond motifs is 1. The predicted octanol–water partition coefficient (Wildman–Crippen LogP) is 1.94. The monoisotopic (exact) mass is 333 g/mol. The molecule has 0 aliphatic carbocycles. The number of benzene rings is 1. The summed E-state index contributed by atoms with van der Waals surface area (Å²) in [4.78, 5) is 4.25. The Hall–Kier alpha value is -0.930. The highest BCUT2D eigenvalue weighted by atomic mass is 35.5. The lowest BCUT2D eigenvalue weighted by Gasteiger charge is -2.25. The second-order valence-corrected chi connectivity index (χ2v) is 7.39. The Bertz CT molecular complexity index is 726. The van der Waals surface area contributed by atoms with E-state index in [2.05, 4.69) is 9.71 Å². The van der Waals surface area contributed by atoms with Gasteiger partial charge in [-0.15, -0.1) is 0 Å². The second kappa shape index (κ2) is 5.45. The van der Waals surface area contributed by atoms with Crippen LogP contribution in [0, 0.1) is 0 Å². The van der Waals surface area contributed by atoms with Gasteiger partial charge in [-0.3, -0.25) is 0 Å². The Labute approximate surface area is 125 Å². The van der Waals surface area contributed by atoms with Gasteiger partial charge in [-0.05, 0) is 18.2 Å². The van der Waals surface area contributed by atoms with Gasteiger partial charge in [0, 0.05) is 18.1 Å². The first-order valence-electron chi connectivity index (χ1n) is 5.96. The van der Waals surface area contributed by atoms with Gasteiger partial charge in [-0.25, -0.2) is 9.71 Å². The van der Waals surface area contributed by atoms with Crippen LogP contribution < -0.4 is 4.72 Å². The van der Waals surface area contributed by atoms with Crippen molar-refractivity contribution in [3.63, 3.8) is 0 Å². The van der Waals surface area contributed by atoms with E-state index < -0.39 is 10.2 Å². The lowest BCUT2D eigenvalue weighted by Crippen LogP contribution is -2.43. The molecular weight excluding hydrogens is 322 g/mol. The smallest absolute Gasteiger partial charge is 0.303 e. The largest absolute Gasteiger partial charge is 0.379 e. The fourth-order valence-electron chi connectivity index (χ4n) is 1.90. The summed E-state index contributed by atoms with van der Waals surface area (Å²) in [5, 5.41) is 0.942. The highest BCUT2D eigenvalue weighted by Crippen LogP contribution is 2.29. The molecule has 6 nitrogen and oxygen atoms in total. The number of nitrogens with one attached hydrogen (secondary N) is 1. The number of morpholine rings is 1. The van der Waals surface area contributed by atoms with E-state index in [0.29, 0.717) is 36.5 Å². The molecule has 1 saturated heterocycles. The third-order valence-corrected chi connectivity index (χ3v) is 5.67. The summed E-state index contributed by atoms with van der Waals surface area (Å²) >= 11 is 7.16. The molecule has 1 aromatic carbocycles. The highest BCUT2D eigenvalue weighted by molar-refractivity contribution is 7.90. The first kappa shape index (κ1) is 14.0. The molecule has 3 rings (SSSR count). The molecule has 1 aliphatic heterocycles. The van der Waals surface area contributed by atoms with E-state index in [1.54, 1.807) is 18.2 Å². The number of rotatable bonds is 3. The molecule has 0 bridgehead atoms. The molecule has 1 fully saturated rings. The quantitative estimate of drug-likeness (QED) is 0.931. The lowest BCUT2D eigenvalue weighted by molar-refractivity contribution is 0.0733. The molecule has 0 saturated carbocycles. The maximum absolute atomic E-state index is 12.2. The first-order valence-corrected chi connectivity index (χ1v) is 8.60. The van der Waals surface area contributed by atoms with Crippen LogP contribution in [-0.4, -0.2) is 44.0 Å². The van der Waals surface area contributed by atoms with Gasteiger partial charge in [-0.2, -0.15) is 12.7 Å². The van der Waals surface area contributed by atoms with Crippen LogP contribution in [-0.2, 0) is 14.9 Å². The molecule has 0 amide bonds. The van der Waals surface area contributed by atoms with Crippen LogP contribution in [0.3, 0.4) is 0 Å². The molecule has 0 radical (unpaired) electrons. The van der Waals surface area contributed by atoms with Crippen molar-refractivity contribution in [1.29, 1.82) is 0 Å². The number of ether oxygens (including phenoxy) is 1. The van der Waals surface area contributed by atoms with E-state index in [1.165, 1.54) is 15.6 Å². The summed E-state index contributed by atoms with van der Waals surface area (Å²) in [6.07, 6.45) is 0. The molecule has 0 spiro atoms. The molecule has 0 atom stereocenters. The van der Waals surface area contributed by atoms with Crippen LogP contribution in [0.15, 0.2) is 18.2 Å². The van der Waals surface area contributed by atoms with Gasteiger partial charge in [0.2, 0.25) is 0 Å². The van der Waals surface area contributed by atoms with Crippen molar-refractivity contribution in [3.05, 3.63) is 23.2 Å². The van der Waals surface area contributed by atoms with E-state index in [-0.39, 0.29) is 0 Å². The molecule has 1 N–H and O–H groups in total. The number of hydrogen-bond acceptors (Lipinski definition) is 5. The van der Waals surface area contributed by atoms with Crippen molar-refractivity contribution in [1.82, 2.24) is 9.29 Å². The summed E-state index contributed by atoms with van der Waals surface area (Å²) in [5.74, 6) is 0. The average molecular weight is 334 g/mol. The maximum atomic E-state index is 12.2. The van der Waals surface area contributed by atoms with Crippen LogP contribution in [0.25, 0.3) is 10.2 Å². The minimum Gasteiger partial charge on any atom is -0.379 e. The Morgan fingerprint density at radius 2 is 2.10 bits per heavy atom. The Morgan fingerprint density at radius 3 is 2.85 bits per heavy atom. The van der Waals surface area contributed by atoms with Crippen molar-refractivity contribution in [2.75, 3.05) is 31.0 Å². The Balaban J connectivity index is 1.84. The van der Waals surface area contributed by atoms with Crippen LogP contribution in [0.5, 0.6) is 0 Å². The summed E-state index contributed by atoms with van der Waals surface area (Å²) in [6, 6.07) is 5.26. The number of anilines is 1. The summed E-state index contributed by atoms with van der Waals surface area (Å²) in [5.41, 5.74) is 0.721. The predicted molar refractivity (Wildman–Crippen MR) is 79.6 cm³/mol. The molecule has 2 heterocycles. The van der Waals surface area contributed by atoms with Crippen LogP contribution in [0.1, 0.15) is 0 Å². The molecule has 1 aliphatic rings. The van der Waals surface area contributed by atoms with Gasteiger partial charge in [-0.1, -0.05) is 22.9 Å². The van der Waals surface area contributed by atoms with Crippen molar-refractivity contribution in [3.8, 4) is 0 Å². The normalized spacial score (nSPS) is 17.4. The van der Waals surface area contributed by atoms with Crippen LogP contribution in [0.4, 0.5) is 5.13 Å². The van der Waals surface area contributed by atoms with Crippen molar-refractivity contribution >= 4 is 48.5 Å². The summed E-state index contributed by atoms with van der Waals surface area (Å²) in [6.45, 7) is 1.53. The van der Waals surface area contributed by atoms with E-state index in [0.717, 1.165) is 10.2 Å². The minimum absolute atomic E-state index is 0.341. The zero-order valence-electron chi connectivity index (χ0n) is 10.4. The number of nitrogens with zero attached hydrogens (tertiary/aromatic N) is 2. The van der Waals surface area contributed by atoms with Gasteiger partial charge in [0.1, 0.15) is 0 Å². The standard InChI is InChI=1S/C11H12ClN3O3S2/c12-8-1-2-9-10(7-8)19-11(13-9)14-20(16,17)15-3-5-18-6-4-15/h1-2,7H,3-6H2,(H,13,14). The van der Waals surface area contributed by atoms with Crippen LogP contribution >= 0.6 is 22.9 Å². The summed E-state index contributed by atoms with van der Waals surface area (Å²) < 4.78 is 34.2. The number of hydrogen-bond donors (Lipinski definition) is 1. The first-order chi connectivity index (χ1) is 9.54. The third kappa shape index (κ3) is 2.89. The average Bonchev–Trinajstić information content (AvgIpc) is 2.80. The van der Waals surface area contributed by atoms with Gasteiger partial charge >= 0.3 is 10.2 Å². The molecule has 2 aromatic rings. The fraction of sp³-hybridized carbons (Fsp3) is 0.364. The molecule has 1 aromatic heterocycles. The van der Waals surface area contributed by atoms with E-state index >= 15 is 0 Å². The molecular formula is C11H12ClN3O3S2.